The monoisotopic (exact) mass is 894 g/mol. The van der Waals surface area contributed by atoms with Crippen LogP contribution in [0.4, 0.5) is 8.78 Å². The number of pyridine rings is 2. The number of carbonyl (C=O) groups is 4. The molecule has 2 aromatic carbocycles. The van der Waals surface area contributed by atoms with Crippen LogP contribution in [0.5, 0.6) is 11.5 Å². The molecule has 0 aliphatic carbocycles. The molecule has 4 atom stereocenters. The van der Waals surface area contributed by atoms with E-state index in [1.165, 1.54) is 51.9 Å². The molecule has 8 rings (SSSR count). The number of hydrogen-bond donors (Lipinski definition) is 4. The van der Waals surface area contributed by atoms with E-state index >= 15 is 0 Å². The number of nitrogens with zero attached hydrogens (tertiary/aromatic N) is 2. The molecule has 4 aliphatic rings. The van der Waals surface area contributed by atoms with Crippen molar-refractivity contribution in [2.45, 2.75) is 77.9 Å². The van der Waals surface area contributed by atoms with Crippen molar-refractivity contribution in [3.63, 3.8) is 0 Å². The maximum atomic E-state index is 14.1. The number of aromatic nitrogens is 2. The van der Waals surface area contributed by atoms with Crippen molar-refractivity contribution >= 4 is 46.6 Å². The Morgan fingerprint density at radius 1 is 0.742 bits per heavy atom. The molecule has 1 fully saturated rings. The van der Waals surface area contributed by atoms with E-state index in [4.69, 9.17) is 32.7 Å². The summed E-state index contributed by atoms with van der Waals surface area (Å²) in [6, 6.07) is 8.76. The number of halogens is 4. The van der Waals surface area contributed by atoms with Crippen LogP contribution in [0, 0.1) is 22.5 Å². The molecule has 2 aromatic heterocycles. The smallest absolute Gasteiger partial charge is 0.257 e. The van der Waals surface area contributed by atoms with E-state index in [9.17, 15) is 47.8 Å². The fourth-order valence-corrected chi connectivity index (χ4v) is 8.64. The lowest BCUT2D eigenvalue weighted by Crippen LogP contribution is -2.49. The topological polar surface area (TPSA) is 195 Å². The third-order valence-corrected chi connectivity index (χ3v) is 12.7. The summed E-state index contributed by atoms with van der Waals surface area (Å²) in [6.45, 7) is 4.41. The molecule has 0 unspecified atom stereocenters. The van der Waals surface area contributed by atoms with Crippen molar-refractivity contribution in [2.24, 2.45) is 10.8 Å². The zero-order valence-corrected chi connectivity index (χ0v) is 35.1. The highest BCUT2D eigenvalue weighted by Gasteiger charge is 2.50. The Balaban J connectivity index is 0.000000186. The molecule has 0 bridgehead atoms. The molecule has 4 aromatic rings. The zero-order chi connectivity index (χ0) is 44.7. The van der Waals surface area contributed by atoms with Crippen molar-refractivity contribution in [2.75, 3.05) is 13.2 Å². The number of ketones is 2. The van der Waals surface area contributed by atoms with Gasteiger partial charge in [-0.15, -0.1) is 0 Å². The predicted molar refractivity (Wildman–Crippen MR) is 222 cm³/mol. The molecular formula is C44H42Cl2F2N4O10. The number of nitrogens with one attached hydrogen (secondary N) is 2. The molecule has 4 aliphatic heterocycles. The molecule has 0 spiro atoms. The van der Waals surface area contributed by atoms with Gasteiger partial charge in [0.15, 0.2) is 23.1 Å². The third-order valence-electron chi connectivity index (χ3n) is 12.1. The average molecular weight is 896 g/mol. The highest BCUT2D eigenvalue weighted by Crippen LogP contribution is 2.43. The van der Waals surface area contributed by atoms with Gasteiger partial charge in [-0.05, 0) is 45.2 Å². The van der Waals surface area contributed by atoms with Crippen molar-refractivity contribution in [3.8, 4) is 11.5 Å². The summed E-state index contributed by atoms with van der Waals surface area (Å²) in [4.78, 5) is 77.0. The minimum absolute atomic E-state index is 0.0804. The molecule has 14 nitrogen and oxygen atoms in total. The quantitative estimate of drug-likeness (QED) is 0.170. The number of Topliss-reactive ketones (excluding diaryl/α,β-unsaturated/α-hetero) is 2. The standard InChI is InChI=1S/C22H22ClFN2O5.C22H20ClFN2O5/c2*1-22-7-2-3-8-31-15(22)11-26-10-13(18(27)19(28)17(26)20(22)29)21(30)25-9-12-5-4-6-14(23)16(12)24/h4-6,10,15,28H,2-3,7-9,11H2,1H3,(H,25,30);2-6,10,15,28H,7-9,11H2,1H3,(H,25,30)/t2*15-,22-/m00/s1. The summed E-state index contributed by atoms with van der Waals surface area (Å²) in [7, 11) is 0. The van der Waals surface area contributed by atoms with Crippen LogP contribution in [0.2, 0.25) is 10.0 Å². The second kappa shape index (κ2) is 17.6. The maximum Gasteiger partial charge on any atom is 0.257 e. The van der Waals surface area contributed by atoms with Gasteiger partial charge in [0.2, 0.25) is 10.9 Å². The van der Waals surface area contributed by atoms with Gasteiger partial charge in [0, 0.05) is 43.2 Å². The van der Waals surface area contributed by atoms with Gasteiger partial charge in [0.1, 0.15) is 34.1 Å². The number of allylic oxidation sites excluding steroid dienone is 1. The van der Waals surface area contributed by atoms with Crippen LogP contribution in [-0.2, 0) is 35.7 Å². The summed E-state index contributed by atoms with van der Waals surface area (Å²) in [6.07, 6.45) is 7.90. The molecule has 326 valence electrons. The van der Waals surface area contributed by atoms with E-state index in [1.807, 2.05) is 12.2 Å². The first-order valence-electron chi connectivity index (χ1n) is 19.8. The van der Waals surface area contributed by atoms with Crippen LogP contribution >= 0.6 is 23.2 Å². The summed E-state index contributed by atoms with van der Waals surface area (Å²) in [5.41, 5.74) is -4.31. The SMILES string of the molecule is C[C@]12CC=CCO[C@H]1Cn1cc(C(=O)NCc3cccc(Cl)c3F)c(=O)c(O)c1C2=O.C[C@]12CCCCO[C@H]1Cn1cc(C(=O)NCc3cccc(Cl)c3F)c(=O)c(O)c1C2=O. The van der Waals surface area contributed by atoms with Gasteiger partial charge in [-0.1, -0.05) is 66.0 Å². The molecule has 0 saturated carbocycles. The first-order valence-corrected chi connectivity index (χ1v) is 20.6. The second-order valence-electron chi connectivity index (χ2n) is 16.0. The number of hydrogen-bond acceptors (Lipinski definition) is 10. The van der Waals surface area contributed by atoms with E-state index in [-0.39, 0.29) is 75.6 Å². The number of carbonyl (C=O) groups excluding carboxylic acids is 4. The van der Waals surface area contributed by atoms with E-state index in [2.05, 4.69) is 10.6 Å². The Hall–Kier alpha value is -5.68. The maximum absolute atomic E-state index is 14.1. The number of amides is 2. The van der Waals surface area contributed by atoms with Gasteiger partial charge in [-0.25, -0.2) is 8.78 Å². The van der Waals surface area contributed by atoms with Gasteiger partial charge in [0.05, 0.1) is 52.8 Å². The summed E-state index contributed by atoms with van der Waals surface area (Å²) in [5, 5.41) is 25.8. The lowest BCUT2D eigenvalue weighted by atomic mass is 9.72. The molecule has 1 saturated heterocycles. The Labute approximate surface area is 363 Å². The number of benzene rings is 2. The Morgan fingerprint density at radius 3 is 1.74 bits per heavy atom. The minimum atomic E-state index is -0.962. The van der Waals surface area contributed by atoms with E-state index in [1.54, 1.807) is 19.9 Å². The summed E-state index contributed by atoms with van der Waals surface area (Å²) < 4.78 is 42.6. The van der Waals surface area contributed by atoms with Gasteiger partial charge in [0.25, 0.3) is 11.8 Å². The highest BCUT2D eigenvalue weighted by atomic mass is 35.5. The Kier molecular flexibility index (Phi) is 12.6. The number of aromatic hydroxyl groups is 2. The van der Waals surface area contributed by atoms with Gasteiger partial charge < -0.3 is 39.5 Å². The normalized spacial score (nSPS) is 22.7. The van der Waals surface area contributed by atoms with Crippen molar-refractivity contribution in [1.82, 2.24) is 19.8 Å². The van der Waals surface area contributed by atoms with E-state index < -0.39 is 74.6 Å². The van der Waals surface area contributed by atoms with Crippen LogP contribution in [-0.4, -0.2) is 68.1 Å². The lowest BCUT2D eigenvalue weighted by molar-refractivity contribution is -0.0284. The number of rotatable bonds is 6. The molecule has 18 heteroatoms. The van der Waals surface area contributed by atoms with Crippen LogP contribution < -0.4 is 21.5 Å². The van der Waals surface area contributed by atoms with Gasteiger partial charge in [-0.2, -0.15) is 0 Å². The van der Waals surface area contributed by atoms with Crippen LogP contribution in [0.1, 0.15) is 92.4 Å². The molecule has 6 heterocycles. The fourth-order valence-electron chi connectivity index (χ4n) is 8.25. The van der Waals surface area contributed by atoms with Crippen LogP contribution in [0.25, 0.3) is 0 Å². The van der Waals surface area contributed by atoms with Crippen molar-refractivity contribution in [3.05, 3.63) is 137 Å². The van der Waals surface area contributed by atoms with Crippen molar-refractivity contribution in [1.29, 1.82) is 0 Å². The zero-order valence-electron chi connectivity index (χ0n) is 33.6. The first kappa shape index (κ1) is 44.4. The summed E-state index contributed by atoms with van der Waals surface area (Å²) >= 11 is 11.5. The second-order valence-corrected chi connectivity index (χ2v) is 16.9. The lowest BCUT2D eigenvalue weighted by Gasteiger charge is -2.40. The highest BCUT2D eigenvalue weighted by molar-refractivity contribution is 6.31. The third kappa shape index (κ3) is 8.07. The van der Waals surface area contributed by atoms with Gasteiger partial charge in [-0.3, -0.25) is 28.8 Å². The largest absolute Gasteiger partial charge is 0.503 e. The molecule has 2 amide bonds. The van der Waals surface area contributed by atoms with Gasteiger partial charge >= 0.3 is 0 Å². The fraction of sp³-hybridized carbons (Fsp3) is 0.364. The van der Waals surface area contributed by atoms with E-state index in [0.29, 0.717) is 26.1 Å². The van der Waals surface area contributed by atoms with Crippen LogP contribution in [0.3, 0.4) is 0 Å². The first-order chi connectivity index (χ1) is 29.5. The Morgan fingerprint density at radius 2 is 1.23 bits per heavy atom. The molecule has 62 heavy (non-hydrogen) atoms. The average Bonchev–Trinajstić information content (AvgIpc) is 3.57. The van der Waals surface area contributed by atoms with Crippen LogP contribution in [0.15, 0.2) is 70.5 Å². The molecule has 4 N–H and O–H groups in total. The number of ether oxygens (including phenoxy) is 2. The number of fused-ring (bicyclic) bond motifs is 4. The van der Waals surface area contributed by atoms with Crippen molar-refractivity contribution < 1.29 is 47.6 Å². The molecule has 0 radical (unpaired) electrons. The molecular weight excluding hydrogens is 853 g/mol. The van der Waals surface area contributed by atoms with E-state index in [0.717, 1.165) is 12.8 Å². The predicted octanol–water partition coefficient (Wildman–Crippen LogP) is 5.87. The Bertz CT molecular complexity index is 2590. The summed E-state index contributed by atoms with van der Waals surface area (Å²) in [5.74, 6) is -5.25. The minimum Gasteiger partial charge on any atom is -0.503 e.